The van der Waals surface area contributed by atoms with E-state index >= 15 is 0 Å². The van der Waals surface area contributed by atoms with E-state index < -0.39 is 25.0 Å². The van der Waals surface area contributed by atoms with Crippen LogP contribution in [0.1, 0.15) is 25.3 Å². The summed E-state index contributed by atoms with van der Waals surface area (Å²) in [6.07, 6.45) is -4.73. The monoisotopic (exact) mass is 287 g/mol. The van der Waals surface area contributed by atoms with Gasteiger partial charge in [-0.15, -0.1) is 0 Å². The summed E-state index contributed by atoms with van der Waals surface area (Å²) in [4.78, 5) is 11.4. The third kappa shape index (κ3) is 5.52. The number of rotatable bonds is 7. The van der Waals surface area contributed by atoms with Crippen molar-refractivity contribution in [2.75, 3.05) is 13.2 Å². The molecule has 0 saturated heterocycles. The lowest BCUT2D eigenvalue weighted by Crippen LogP contribution is -2.38. The third-order valence-electron chi connectivity index (χ3n) is 2.69. The highest BCUT2D eigenvalue weighted by molar-refractivity contribution is 5.77. The van der Waals surface area contributed by atoms with Gasteiger partial charge in [-0.3, -0.25) is 4.79 Å². The van der Waals surface area contributed by atoms with Crippen LogP contribution in [-0.4, -0.2) is 36.7 Å². The van der Waals surface area contributed by atoms with Crippen molar-refractivity contribution in [3.63, 3.8) is 0 Å². The number of nitrogens with one attached hydrogen (secondary N) is 1. The first-order valence-corrected chi connectivity index (χ1v) is 6.35. The van der Waals surface area contributed by atoms with Crippen LogP contribution < -0.4 is 10.1 Å². The molecule has 1 rings (SSSR count). The third-order valence-corrected chi connectivity index (χ3v) is 2.69. The van der Waals surface area contributed by atoms with E-state index in [1.807, 2.05) is 32.0 Å². The molecule has 2 N–H and O–H groups in total. The van der Waals surface area contributed by atoms with Gasteiger partial charge in [0.1, 0.15) is 11.9 Å². The van der Waals surface area contributed by atoms with Gasteiger partial charge in [-0.25, -0.2) is 8.78 Å². The summed E-state index contributed by atoms with van der Waals surface area (Å²) in [5.74, 6) is 0.328. The minimum atomic E-state index is -2.88. The second kappa shape index (κ2) is 7.79. The van der Waals surface area contributed by atoms with Gasteiger partial charge < -0.3 is 15.2 Å². The van der Waals surface area contributed by atoms with Crippen molar-refractivity contribution in [1.82, 2.24) is 5.32 Å². The summed E-state index contributed by atoms with van der Waals surface area (Å²) >= 11 is 0. The predicted octanol–water partition coefficient (Wildman–Crippen LogP) is 1.93. The molecule has 20 heavy (non-hydrogen) atoms. The fourth-order valence-electron chi connectivity index (χ4n) is 1.47. The second-order valence-corrected chi connectivity index (χ2v) is 4.72. The number of carbonyl (C=O) groups is 1. The van der Waals surface area contributed by atoms with Crippen LogP contribution >= 0.6 is 0 Å². The Bertz CT molecular complexity index is 438. The van der Waals surface area contributed by atoms with Crippen LogP contribution in [0.4, 0.5) is 8.78 Å². The van der Waals surface area contributed by atoms with Crippen LogP contribution in [-0.2, 0) is 4.79 Å². The molecule has 0 aliphatic carbocycles. The summed E-state index contributed by atoms with van der Waals surface area (Å²) in [7, 11) is 0. The molecule has 0 spiro atoms. The van der Waals surface area contributed by atoms with Crippen molar-refractivity contribution in [3.8, 4) is 5.75 Å². The maximum absolute atomic E-state index is 12.0. The van der Waals surface area contributed by atoms with Gasteiger partial charge in [-0.05, 0) is 23.6 Å². The molecular weight excluding hydrogens is 268 g/mol. The van der Waals surface area contributed by atoms with E-state index in [1.54, 1.807) is 6.07 Å². The lowest BCUT2D eigenvalue weighted by Gasteiger charge is -2.12. The molecule has 1 unspecified atom stereocenters. The molecule has 0 aromatic heterocycles. The van der Waals surface area contributed by atoms with E-state index in [4.69, 9.17) is 9.84 Å². The highest BCUT2D eigenvalue weighted by Crippen LogP contribution is 2.19. The number of halogens is 2. The number of benzene rings is 1. The zero-order valence-corrected chi connectivity index (χ0v) is 11.5. The normalized spacial score (nSPS) is 12.6. The van der Waals surface area contributed by atoms with E-state index in [2.05, 4.69) is 5.32 Å². The predicted molar refractivity (Wildman–Crippen MR) is 71.0 cm³/mol. The Kier molecular flexibility index (Phi) is 6.38. The molecule has 1 amide bonds. The maximum atomic E-state index is 12.0. The van der Waals surface area contributed by atoms with Crippen molar-refractivity contribution in [2.45, 2.75) is 32.3 Å². The zero-order valence-electron chi connectivity index (χ0n) is 11.5. The quantitative estimate of drug-likeness (QED) is 0.805. The Labute approximate surface area is 116 Å². The van der Waals surface area contributed by atoms with Crippen molar-refractivity contribution >= 4 is 5.91 Å². The Morgan fingerprint density at radius 2 is 2.10 bits per heavy atom. The molecule has 1 aromatic carbocycles. The molecule has 0 bridgehead atoms. The smallest absolute Gasteiger partial charge is 0.265 e. The van der Waals surface area contributed by atoms with Crippen LogP contribution in [0.2, 0.25) is 0 Å². The molecule has 1 aromatic rings. The van der Waals surface area contributed by atoms with E-state index in [9.17, 15) is 13.6 Å². The average molecular weight is 287 g/mol. The van der Waals surface area contributed by atoms with Crippen molar-refractivity contribution in [2.24, 2.45) is 0 Å². The summed E-state index contributed by atoms with van der Waals surface area (Å²) in [6.45, 7) is 3.30. The largest absolute Gasteiger partial charge is 0.484 e. The zero-order chi connectivity index (χ0) is 15.1. The number of alkyl halides is 2. The van der Waals surface area contributed by atoms with E-state index in [-0.39, 0.29) is 6.61 Å². The van der Waals surface area contributed by atoms with Crippen LogP contribution in [0.5, 0.6) is 5.75 Å². The highest BCUT2D eigenvalue weighted by atomic mass is 19.3. The molecule has 0 saturated carbocycles. The van der Waals surface area contributed by atoms with E-state index in [0.29, 0.717) is 11.7 Å². The standard InChI is InChI=1S/C14H19F2NO3/c1-9(2)10-4-3-5-11(6-10)20-8-13(19)17-7-12(18)14(15)16/h3-6,9,12,14,18H,7-8H2,1-2H3,(H,17,19). The number of aliphatic hydroxyl groups excluding tert-OH is 1. The van der Waals surface area contributed by atoms with Gasteiger partial charge in [0.15, 0.2) is 6.61 Å². The summed E-state index contributed by atoms with van der Waals surface area (Å²) in [6, 6.07) is 7.32. The molecule has 0 aliphatic rings. The highest BCUT2D eigenvalue weighted by Gasteiger charge is 2.17. The summed E-state index contributed by atoms with van der Waals surface area (Å²) in [5, 5.41) is 11.0. The molecule has 1 atom stereocenters. The number of hydrogen-bond acceptors (Lipinski definition) is 3. The van der Waals surface area contributed by atoms with Gasteiger partial charge in [0.05, 0.1) is 0 Å². The van der Waals surface area contributed by atoms with E-state index in [1.165, 1.54) is 0 Å². The lowest BCUT2D eigenvalue weighted by molar-refractivity contribution is -0.124. The van der Waals surface area contributed by atoms with Gasteiger partial charge in [-0.2, -0.15) is 0 Å². The van der Waals surface area contributed by atoms with Crippen molar-refractivity contribution in [1.29, 1.82) is 0 Å². The SMILES string of the molecule is CC(C)c1cccc(OCC(=O)NCC(O)C(F)F)c1. The molecule has 0 radical (unpaired) electrons. The van der Waals surface area contributed by atoms with E-state index in [0.717, 1.165) is 5.56 Å². The molecule has 0 heterocycles. The Balaban J connectivity index is 2.39. The summed E-state index contributed by atoms with van der Waals surface area (Å²) in [5.41, 5.74) is 1.08. The number of carbonyl (C=O) groups excluding carboxylic acids is 1. The molecule has 6 heteroatoms. The van der Waals surface area contributed by atoms with Crippen LogP contribution in [0.25, 0.3) is 0 Å². The molecule has 4 nitrogen and oxygen atoms in total. The average Bonchev–Trinajstić information content (AvgIpc) is 2.42. The number of aliphatic hydroxyl groups is 1. The molecule has 112 valence electrons. The van der Waals surface area contributed by atoms with Gasteiger partial charge in [-0.1, -0.05) is 26.0 Å². The van der Waals surface area contributed by atoms with Crippen LogP contribution in [0.3, 0.4) is 0 Å². The fraction of sp³-hybridized carbons (Fsp3) is 0.500. The maximum Gasteiger partial charge on any atom is 0.265 e. The van der Waals surface area contributed by atoms with Crippen molar-refractivity contribution in [3.05, 3.63) is 29.8 Å². The minimum absolute atomic E-state index is 0.280. The fourth-order valence-corrected chi connectivity index (χ4v) is 1.47. The Hall–Kier alpha value is -1.69. The first-order chi connectivity index (χ1) is 9.40. The molecular formula is C14H19F2NO3. The second-order valence-electron chi connectivity index (χ2n) is 4.72. The topological polar surface area (TPSA) is 58.6 Å². The first kappa shape index (κ1) is 16.4. The first-order valence-electron chi connectivity index (χ1n) is 6.35. The number of ether oxygens (including phenoxy) is 1. The Morgan fingerprint density at radius 1 is 1.40 bits per heavy atom. The number of amides is 1. The van der Waals surface area contributed by atoms with Crippen LogP contribution in [0.15, 0.2) is 24.3 Å². The van der Waals surface area contributed by atoms with Crippen LogP contribution in [0, 0.1) is 0 Å². The molecule has 0 aliphatic heterocycles. The Morgan fingerprint density at radius 3 is 2.70 bits per heavy atom. The summed E-state index contributed by atoms with van der Waals surface area (Å²) < 4.78 is 29.3. The van der Waals surface area contributed by atoms with Gasteiger partial charge in [0.2, 0.25) is 0 Å². The lowest BCUT2D eigenvalue weighted by atomic mass is 10.0. The van der Waals surface area contributed by atoms with Gasteiger partial charge in [0.25, 0.3) is 12.3 Å². The van der Waals surface area contributed by atoms with Crippen molar-refractivity contribution < 1.29 is 23.4 Å². The van der Waals surface area contributed by atoms with Gasteiger partial charge >= 0.3 is 0 Å². The number of hydrogen-bond donors (Lipinski definition) is 2. The minimum Gasteiger partial charge on any atom is -0.484 e. The van der Waals surface area contributed by atoms with Gasteiger partial charge in [0, 0.05) is 6.54 Å². The molecule has 0 fully saturated rings.